The number of aliphatic hydroxyl groups is 3. The Balaban J connectivity index is 1.65. The first-order chi connectivity index (χ1) is 13.8. The molecule has 162 valence electrons. The van der Waals surface area contributed by atoms with E-state index in [0.29, 0.717) is 18.8 Å². The number of carbonyl (C=O) groups is 1. The van der Waals surface area contributed by atoms with Crippen LogP contribution >= 0.6 is 0 Å². The second-order valence-electron chi connectivity index (χ2n) is 11.3. The molecule has 6 heteroatoms. The van der Waals surface area contributed by atoms with E-state index in [4.69, 9.17) is 4.74 Å². The van der Waals surface area contributed by atoms with Crippen LogP contribution in [0.2, 0.25) is 0 Å². The molecule has 0 aromatic heterocycles. The van der Waals surface area contributed by atoms with Gasteiger partial charge in [-0.25, -0.2) is 0 Å². The zero-order valence-electron chi connectivity index (χ0n) is 17.6. The number of esters is 1. The largest absolute Gasteiger partial charge is 0.469 e. The van der Waals surface area contributed by atoms with Gasteiger partial charge in [0.05, 0.1) is 24.2 Å². The second-order valence-corrected chi connectivity index (χ2v) is 11.3. The Morgan fingerprint density at radius 2 is 1.83 bits per heavy atom. The average molecular weight is 406 g/mol. The lowest BCUT2D eigenvalue weighted by Gasteiger charge is -2.70. The van der Waals surface area contributed by atoms with E-state index < -0.39 is 22.0 Å². The van der Waals surface area contributed by atoms with Crippen LogP contribution in [-0.4, -0.2) is 70.2 Å². The minimum absolute atomic E-state index is 0.0438. The van der Waals surface area contributed by atoms with E-state index in [2.05, 4.69) is 11.8 Å². The molecule has 2 saturated heterocycles. The number of aliphatic hydroxyl groups excluding tert-OH is 1. The second kappa shape index (κ2) is 5.56. The van der Waals surface area contributed by atoms with Gasteiger partial charge in [0.15, 0.2) is 0 Å². The van der Waals surface area contributed by atoms with Crippen molar-refractivity contribution in [3.8, 4) is 0 Å². The summed E-state index contributed by atoms with van der Waals surface area (Å²) in [5, 5.41) is 35.7. The number of ether oxygens (including phenoxy) is 1. The summed E-state index contributed by atoms with van der Waals surface area (Å²) in [6, 6.07) is -0.178. The van der Waals surface area contributed by atoms with E-state index in [1.165, 1.54) is 7.11 Å². The highest BCUT2D eigenvalue weighted by Gasteiger charge is 2.85. The van der Waals surface area contributed by atoms with Crippen molar-refractivity contribution in [2.75, 3.05) is 26.8 Å². The monoisotopic (exact) mass is 405 g/mol. The molecule has 6 fully saturated rings. The summed E-state index contributed by atoms with van der Waals surface area (Å²) in [5.74, 6) is -0.0807. The zero-order valence-corrected chi connectivity index (χ0v) is 17.6. The minimum atomic E-state index is -1.01. The molecule has 4 aliphatic carbocycles. The summed E-state index contributed by atoms with van der Waals surface area (Å²) >= 11 is 0. The first-order valence-electron chi connectivity index (χ1n) is 11.7. The van der Waals surface area contributed by atoms with Crippen LogP contribution in [0.1, 0.15) is 51.9 Å². The number of nitrogens with zero attached hydrogens (tertiary/aromatic N) is 1. The molecule has 0 radical (unpaired) electrons. The third-order valence-corrected chi connectivity index (χ3v) is 11.2. The predicted octanol–water partition coefficient (Wildman–Crippen LogP) is 1.17. The average Bonchev–Trinajstić information content (AvgIpc) is 3.25. The lowest BCUT2D eigenvalue weighted by Crippen LogP contribution is -2.78. The Bertz CT molecular complexity index is 760. The molecule has 10 atom stereocenters. The summed E-state index contributed by atoms with van der Waals surface area (Å²) in [7, 11) is 1.44. The minimum Gasteiger partial charge on any atom is -0.469 e. The number of carbonyl (C=O) groups excluding carboxylic acids is 1. The van der Waals surface area contributed by atoms with Crippen molar-refractivity contribution < 1.29 is 24.9 Å². The quantitative estimate of drug-likeness (QED) is 0.598. The van der Waals surface area contributed by atoms with Gasteiger partial charge < -0.3 is 20.1 Å². The van der Waals surface area contributed by atoms with Crippen molar-refractivity contribution >= 4 is 5.97 Å². The fraction of sp³-hybridized carbons (Fsp3) is 0.957. The maximum atomic E-state index is 12.9. The number of rotatable bonds is 2. The maximum absolute atomic E-state index is 12.9. The Labute approximate surface area is 172 Å². The van der Waals surface area contributed by atoms with Gasteiger partial charge in [0.2, 0.25) is 0 Å². The van der Waals surface area contributed by atoms with Crippen LogP contribution in [-0.2, 0) is 9.53 Å². The van der Waals surface area contributed by atoms with Crippen molar-refractivity contribution in [3.05, 3.63) is 0 Å². The molecule has 6 nitrogen and oxygen atoms in total. The Morgan fingerprint density at radius 1 is 1.10 bits per heavy atom. The van der Waals surface area contributed by atoms with E-state index in [-0.39, 0.29) is 42.3 Å². The first-order valence-corrected chi connectivity index (χ1v) is 11.7. The van der Waals surface area contributed by atoms with Gasteiger partial charge in [-0.05, 0) is 62.7 Å². The lowest BCUT2D eigenvalue weighted by molar-refractivity contribution is -0.289. The van der Waals surface area contributed by atoms with E-state index in [9.17, 15) is 20.1 Å². The van der Waals surface area contributed by atoms with Crippen molar-refractivity contribution in [1.82, 2.24) is 4.90 Å². The van der Waals surface area contributed by atoms with E-state index in [0.717, 1.165) is 45.2 Å². The van der Waals surface area contributed by atoms with Gasteiger partial charge in [0, 0.05) is 42.5 Å². The highest BCUT2D eigenvalue weighted by molar-refractivity contribution is 5.74. The molecule has 6 rings (SSSR count). The van der Waals surface area contributed by atoms with E-state index in [1.807, 2.05) is 0 Å². The third-order valence-electron chi connectivity index (χ3n) is 11.2. The SMILES string of the molecule is COC(=O)[C@@H]1C[C@@]23[C@@H]4N5C[C@@H](CCC6CC[C@H]1[C@@]62O)[C@]3(CO)CC[C@]4(O)[C@H](C)C5. The van der Waals surface area contributed by atoms with Gasteiger partial charge in [-0.1, -0.05) is 6.92 Å². The molecule has 0 amide bonds. The van der Waals surface area contributed by atoms with Crippen LogP contribution in [0.25, 0.3) is 0 Å². The number of piperidine rings is 1. The Kier molecular flexibility index (Phi) is 3.65. The Morgan fingerprint density at radius 3 is 2.55 bits per heavy atom. The number of hydrogen-bond acceptors (Lipinski definition) is 6. The summed E-state index contributed by atoms with van der Waals surface area (Å²) in [6.45, 7) is 3.92. The molecule has 4 saturated carbocycles. The van der Waals surface area contributed by atoms with Crippen molar-refractivity contribution in [1.29, 1.82) is 0 Å². The summed E-state index contributed by atoms with van der Waals surface area (Å²) < 4.78 is 5.22. The molecule has 2 aliphatic heterocycles. The van der Waals surface area contributed by atoms with Crippen LogP contribution in [0.15, 0.2) is 0 Å². The zero-order chi connectivity index (χ0) is 20.4. The number of hydrogen-bond donors (Lipinski definition) is 3. The molecular weight excluding hydrogens is 370 g/mol. The first kappa shape index (κ1) is 19.0. The number of methoxy groups -OCH3 is 1. The van der Waals surface area contributed by atoms with Crippen molar-refractivity contribution in [2.24, 2.45) is 40.4 Å². The highest BCUT2D eigenvalue weighted by atomic mass is 16.5. The van der Waals surface area contributed by atoms with Crippen LogP contribution in [0.4, 0.5) is 0 Å². The van der Waals surface area contributed by atoms with Crippen molar-refractivity contribution in [3.63, 3.8) is 0 Å². The molecule has 4 bridgehead atoms. The predicted molar refractivity (Wildman–Crippen MR) is 105 cm³/mol. The molecule has 6 aliphatic rings. The summed E-state index contributed by atoms with van der Waals surface area (Å²) in [6.07, 6.45) is 5.74. The van der Waals surface area contributed by atoms with Gasteiger partial charge in [-0.15, -0.1) is 0 Å². The van der Waals surface area contributed by atoms with Gasteiger partial charge in [-0.3, -0.25) is 9.69 Å². The summed E-state index contributed by atoms with van der Waals surface area (Å²) in [5.41, 5.74) is -2.92. The Hall–Kier alpha value is -0.690. The van der Waals surface area contributed by atoms with Crippen LogP contribution in [0.5, 0.6) is 0 Å². The summed E-state index contributed by atoms with van der Waals surface area (Å²) in [4.78, 5) is 15.3. The standard InChI is InChI=1S/C23H35NO5/c1-13-10-24-11-15-4-3-14-5-6-17-16(18(26)29-2)9-22(23(14,17)28)19(24)21(13,27)8-7-20(15,22)12-25/h13-17,19,25,27-28H,3-12H2,1-2H3/t13-,14?,15-,16-,17-,19-,20-,21+,22+,23+/m1/s1. The molecule has 0 aromatic rings. The third kappa shape index (κ3) is 1.74. The van der Waals surface area contributed by atoms with E-state index >= 15 is 0 Å². The van der Waals surface area contributed by atoms with Gasteiger partial charge >= 0.3 is 5.97 Å². The fourth-order valence-corrected chi connectivity index (χ4v) is 10.2. The van der Waals surface area contributed by atoms with E-state index in [1.54, 1.807) is 0 Å². The molecule has 29 heavy (non-hydrogen) atoms. The fourth-order valence-electron chi connectivity index (χ4n) is 10.2. The molecule has 1 unspecified atom stereocenters. The van der Waals surface area contributed by atoms with Crippen LogP contribution in [0, 0.1) is 40.4 Å². The van der Waals surface area contributed by atoms with Gasteiger partial charge in [0.25, 0.3) is 0 Å². The van der Waals surface area contributed by atoms with Gasteiger partial charge in [0.1, 0.15) is 0 Å². The lowest BCUT2D eigenvalue weighted by atomic mass is 9.40. The normalized spacial score (nSPS) is 60.0. The highest BCUT2D eigenvalue weighted by Crippen LogP contribution is 2.79. The van der Waals surface area contributed by atoms with Crippen LogP contribution in [0.3, 0.4) is 0 Å². The molecule has 3 N–H and O–H groups in total. The van der Waals surface area contributed by atoms with Crippen LogP contribution < -0.4 is 0 Å². The van der Waals surface area contributed by atoms with Gasteiger partial charge in [-0.2, -0.15) is 0 Å². The molecular formula is C23H35NO5. The maximum Gasteiger partial charge on any atom is 0.309 e. The smallest absolute Gasteiger partial charge is 0.309 e. The molecule has 2 heterocycles. The van der Waals surface area contributed by atoms with Crippen molar-refractivity contribution in [2.45, 2.75) is 69.1 Å². The molecule has 0 aromatic carbocycles. The molecule has 1 spiro atoms. The topological polar surface area (TPSA) is 90.2 Å².